The smallest absolute Gasteiger partial charge is 0.143 e. The minimum Gasteiger partial charge on any atom is -0.491 e. The molecule has 0 bridgehead atoms. The van der Waals surface area contributed by atoms with Crippen LogP contribution >= 0.6 is 0 Å². The van der Waals surface area contributed by atoms with Gasteiger partial charge in [0.2, 0.25) is 0 Å². The first kappa shape index (κ1) is 47.0. The molecule has 0 amide bonds. The first-order chi connectivity index (χ1) is 28.8. The van der Waals surface area contributed by atoms with E-state index in [2.05, 4.69) is 67.6 Å². The molecule has 0 heterocycles. The molecule has 0 fully saturated rings. The van der Waals surface area contributed by atoms with Crippen LogP contribution in [0.2, 0.25) is 0 Å². The maximum atomic E-state index is 6.74. The SMILES string of the molecule is CCCCCCCCc1ccc(OCCOCCOCCOCCOCCOCCOCCOCCOC(c2ccccc2)(c2ccccc2)c2ccccc2)cc1. The lowest BCUT2D eigenvalue weighted by atomic mass is 9.80. The van der Waals surface area contributed by atoms with Crippen molar-refractivity contribution in [2.75, 3.05) is 106 Å². The van der Waals surface area contributed by atoms with Gasteiger partial charge in [-0.25, -0.2) is 0 Å². The molecule has 0 unspecified atom stereocenters. The molecule has 0 saturated carbocycles. The van der Waals surface area contributed by atoms with Crippen molar-refractivity contribution in [2.24, 2.45) is 0 Å². The van der Waals surface area contributed by atoms with Gasteiger partial charge in [-0.3, -0.25) is 0 Å². The molecule has 0 N–H and O–H groups in total. The van der Waals surface area contributed by atoms with E-state index in [0.717, 1.165) is 28.9 Å². The van der Waals surface area contributed by atoms with E-state index in [4.69, 9.17) is 42.6 Å². The Bertz CT molecular complexity index is 1410. The Kier molecular flexibility index (Phi) is 25.4. The van der Waals surface area contributed by atoms with E-state index < -0.39 is 5.60 Å². The number of hydrogen-bond donors (Lipinski definition) is 0. The van der Waals surface area contributed by atoms with Crippen LogP contribution in [0.1, 0.15) is 67.7 Å². The predicted octanol–water partition coefficient (Wildman–Crippen LogP) is 9.09. The zero-order valence-corrected chi connectivity index (χ0v) is 34.9. The van der Waals surface area contributed by atoms with Crippen LogP contribution in [0, 0.1) is 0 Å². The van der Waals surface area contributed by atoms with Crippen molar-refractivity contribution < 1.29 is 42.6 Å². The molecule has 0 aromatic heterocycles. The highest BCUT2D eigenvalue weighted by Crippen LogP contribution is 2.40. The Balaban J connectivity index is 0.891. The Morgan fingerprint density at radius 2 is 0.690 bits per heavy atom. The summed E-state index contributed by atoms with van der Waals surface area (Å²) >= 11 is 0. The van der Waals surface area contributed by atoms with Gasteiger partial charge in [0.05, 0.1) is 99.1 Å². The van der Waals surface area contributed by atoms with Crippen molar-refractivity contribution in [1.82, 2.24) is 0 Å². The van der Waals surface area contributed by atoms with Crippen LogP contribution in [0.3, 0.4) is 0 Å². The van der Waals surface area contributed by atoms with Gasteiger partial charge in [-0.05, 0) is 47.2 Å². The first-order valence-corrected chi connectivity index (χ1v) is 21.4. The molecule has 58 heavy (non-hydrogen) atoms. The lowest BCUT2D eigenvalue weighted by Gasteiger charge is -2.36. The highest BCUT2D eigenvalue weighted by molar-refractivity contribution is 5.47. The zero-order chi connectivity index (χ0) is 40.4. The van der Waals surface area contributed by atoms with Gasteiger partial charge in [-0.15, -0.1) is 0 Å². The van der Waals surface area contributed by atoms with E-state index >= 15 is 0 Å². The van der Waals surface area contributed by atoms with Crippen molar-refractivity contribution in [1.29, 1.82) is 0 Å². The molecular weight excluding hydrogens is 733 g/mol. The summed E-state index contributed by atoms with van der Waals surface area (Å²) < 4.78 is 52.0. The summed E-state index contributed by atoms with van der Waals surface area (Å²) in [6.07, 6.45) is 9.08. The van der Waals surface area contributed by atoms with E-state index in [1.165, 1.54) is 44.1 Å². The summed E-state index contributed by atoms with van der Waals surface area (Å²) in [5.74, 6) is 0.886. The first-order valence-electron chi connectivity index (χ1n) is 21.4. The quantitative estimate of drug-likeness (QED) is 0.0331. The third-order valence-corrected chi connectivity index (χ3v) is 9.56. The van der Waals surface area contributed by atoms with Crippen LogP contribution in [0.15, 0.2) is 115 Å². The van der Waals surface area contributed by atoms with Gasteiger partial charge in [0, 0.05) is 0 Å². The van der Waals surface area contributed by atoms with Crippen molar-refractivity contribution in [2.45, 2.75) is 57.5 Å². The molecule has 4 aromatic carbocycles. The minimum absolute atomic E-state index is 0.419. The molecule has 9 nitrogen and oxygen atoms in total. The van der Waals surface area contributed by atoms with Crippen molar-refractivity contribution in [3.8, 4) is 5.75 Å². The van der Waals surface area contributed by atoms with Crippen LogP contribution < -0.4 is 4.74 Å². The van der Waals surface area contributed by atoms with Gasteiger partial charge in [-0.2, -0.15) is 0 Å². The normalized spacial score (nSPS) is 11.6. The number of unbranched alkanes of at least 4 members (excludes halogenated alkanes) is 5. The summed E-state index contributed by atoms with van der Waals surface area (Å²) in [7, 11) is 0. The molecule has 9 heteroatoms. The lowest BCUT2D eigenvalue weighted by Crippen LogP contribution is -2.34. The second-order valence-electron chi connectivity index (χ2n) is 13.9. The van der Waals surface area contributed by atoms with Gasteiger partial charge in [0.15, 0.2) is 0 Å². The van der Waals surface area contributed by atoms with E-state index in [9.17, 15) is 0 Å². The Morgan fingerprint density at radius 3 is 1.09 bits per heavy atom. The monoisotopic (exact) mass is 800 g/mol. The summed E-state index contributed by atoms with van der Waals surface area (Å²) in [5, 5.41) is 0. The van der Waals surface area contributed by atoms with E-state index in [1.807, 2.05) is 54.6 Å². The van der Waals surface area contributed by atoms with Gasteiger partial charge in [0.1, 0.15) is 18.0 Å². The maximum absolute atomic E-state index is 6.74. The summed E-state index contributed by atoms with van der Waals surface area (Å²) in [6, 6.07) is 39.5. The zero-order valence-electron chi connectivity index (χ0n) is 34.9. The largest absolute Gasteiger partial charge is 0.491 e. The highest BCUT2D eigenvalue weighted by Gasteiger charge is 2.37. The number of benzene rings is 4. The number of rotatable bonds is 36. The van der Waals surface area contributed by atoms with Crippen LogP contribution in [0.5, 0.6) is 5.75 Å². The molecule has 0 spiro atoms. The van der Waals surface area contributed by atoms with Crippen LogP contribution in [-0.2, 0) is 49.9 Å². The van der Waals surface area contributed by atoms with Crippen LogP contribution in [-0.4, -0.2) is 106 Å². The van der Waals surface area contributed by atoms with E-state index in [-0.39, 0.29) is 0 Å². The fourth-order valence-electron chi connectivity index (χ4n) is 6.52. The molecular formula is C49H68O9. The number of aryl methyl sites for hydroxylation is 1. The minimum atomic E-state index is -0.749. The topological polar surface area (TPSA) is 83.1 Å². The van der Waals surface area contributed by atoms with Crippen molar-refractivity contribution in [3.05, 3.63) is 138 Å². The Labute approximate surface area is 348 Å². The Morgan fingerprint density at radius 1 is 0.345 bits per heavy atom. The van der Waals surface area contributed by atoms with E-state index in [1.54, 1.807) is 0 Å². The fraction of sp³-hybridized carbons (Fsp3) is 0.510. The van der Waals surface area contributed by atoms with Crippen LogP contribution in [0.4, 0.5) is 0 Å². The molecule has 0 radical (unpaired) electrons. The average molecular weight is 801 g/mol. The molecule has 0 aliphatic heterocycles. The molecule has 0 aliphatic carbocycles. The molecule has 4 aromatic rings. The lowest BCUT2D eigenvalue weighted by molar-refractivity contribution is -0.0397. The van der Waals surface area contributed by atoms with Gasteiger partial charge >= 0.3 is 0 Å². The predicted molar refractivity (Wildman–Crippen MR) is 230 cm³/mol. The third kappa shape index (κ3) is 19.0. The standard InChI is InChI=1S/C49H68O9/c1-2-3-4-5-6-10-17-44-24-26-48(27-25-44)57-42-40-55-38-36-53-34-32-51-30-28-50-29-31-52-33-35-54-37-39-56-41-43-58-49(45-18-11-7-12-19-45,46-20-13-8-14-21-46)47-22-15-9-16-23-47/h7-9,11-16,18-27H,2-6,10,17,28-43H2,1H3. The van der Waals surface area contributed by atoms with Gasteiger partial charge in [-0.1, -0.05) is 142 Å². The van der Waals surface area contributed by atoms with Crippen molar-refractivity contribution >= 4 is 0 Å². The van der Waals surface area contributed by atoms with Crippen LogP contribution in [0.25, 0.3) is 0 Å². The second-order valence-corrected chi connectivity index (χ2v) is 13.9. The van der Waals surface area contributed by atoms with Crippen molar-refractivity contribution in [3.63, 3.8) is 0 Å². The highest BCUT2D eigenvalue weighted by atomic mass is 16.6. The third-order valence-electron chi connectivity index (χ3n) is 9.56. The number of ether oxygens (including phenoxy) is 9. The van der Waals surface area contributed by atoms with Gasteiger partial charge in [0.25, 0.3) is 0 Å². The fourth-order valence-corrected chi connectivity index (χ4v) is 6.52. The molecule has 4 rings (SSSR count). The second kappa shape index (κ2) is 31.3. The molecule has 0 aliphatic rings. The summed E-state index contributed by atoms with van der Waals surface area (Å²) in [5.41, 5.74) is 3.84. The summed E-state index contributed by atoms with van der Waals surface area (Å²) in [4.78, 5) is 0. The Hall–Kier alpha value is -3.64. The molecule has 0 atom stereocenters. The summed E-state index contributed by atoms with van der Waals surface area (Å²) in [6.45, 7) is 10.2. The van der Waals surface area contributed by atoms with Gasteiger partial charge < -0.3 is 42.6 Å². The van der Waals surface area contributed by atoms with E-state index in [0.29, 0.717) is 106 Å². The molecule has 318 valence electrons. The molecule has 0 saturated heterocycles. The maximum Gasteiger partial charge on any atom is 0.143 e. The number of hydrogen-bond acceptors (Lipinski definition) is 9. The average Bonchev–Trinajstić information content (AvgIpc) is 3.27.